The molecule has 6 aromatic carbocycles. The van der Waals surface area contributed by atoms with Gasteiger partial charge in [0.25, 0.3) is 0 Å². The van der Waals surface area contributed by atoms with Crippen molar-refractivity contribution in [1.29, 1.82) is 0 Å². The maximum Gasteiger partial charge on any atom is 0.164 e. The number of aromatic nitrogens is 3. The quantitative estimate of drug-likeness (QED) is 0.184. The van der Waals surface area contributed by atoms with E-state index < -0.39 is 0 Å². The molecule has 4 heteroatoms. The van der Waals surface area contributed by atoms with Gasteiger partial charge in [0.15, 0.2) is 17.5 Å². The van der Waals surface area contributed by atoms with Crippen LogP contribution >= 0.6 is 0 Å². The summed E-state index contributed by atoms with van der Waals surface area (Å²) in [7, 11) is 0. The van der Waals surface area contributed by atoms with E-state index in [0.29, 0.717) is 17.5 Å². The normalized spacial score (nSPS) is 12.4. The van der Waals surface area contributed by atoms with Crippen molar-refractivity contribution < 1.29 is 4.42 Å². The summed E-state index contributed by atoms with van der Waals surface area (Å²) in [6.45, 7) is 0. The fourth-order valence-corrected chi connectivity index (χ4v) is 6.72. The van der Waals surface area contributed by atoms with Crippen molar-refractivity contribution in [1.82, 2.24) is 15.0 Å². The molecule has 0 amide bonds. The van der Waals surface area contributed by atoms with E-state index in [1.165, 1.54) is 16.7 Å². The fourth-order valence-electron chi connectivity index (χ4n) is 6.72. The van der Waals surface area contributed by atoms with Crippen molar-refractivity contribution in [3.63, 3.8) is 0 Å². The van der Waals surface area contributed by atoms with E-state index in [-0.39, 0.29) is 0 Å². The molecular weight excluding hydrogens is 599 g/mol. The van der Waals surface area contributed by atoms with E-state index in [2.05, 4.69) is 121 Å². The van der Waals surface area contributed by atoms with Crippen molar-refractivity contribution in [2.45, 2.75) is 12.8 Å². The summed E-state index contributed by atoms with van der Waals surface area (Å²) in [5.74, 6) is 2.91. The molecule has 49 heavy (non-hydrogen) atoms. The molecule has 0 fully saturated rings. The molecule has 2 heterocycles. The molecule has 0 aliphatic heterocycles. The average molecular weight is 630 g/mol. The number of benzene rings is 6. The van der Waals surface area contributed by atoms with Crippen LogP contribution in [0.2, 0.25) is 0 Å². The Bertz CT molecular complexity index is 2450. The maximum atomic E-state index is 6.48. The second-order valence-corrected chi connectivity index (χ2v) is 12.3. The smallest absolute Gasteiger partial charge is 0.164 e. The molecule has 0 saturated carbocycles. The van der Waals surface area contributed by atoms with Crippen molar-refractivity contribution >= 4 is 16.5 Å². The summed E-state index contributed by atoms with van der Waals surface area (Å²) in [5.41, 5.74) is 11.8. The average Bonchev–Trinajstić information content (AvgIpc) is 3.57. The van der Waals surface area contributed by atoms with Crippen LogP contribution in [0.4, 0.5) is 0 Å². The summed E-state index contributed by atoms with van der Waals surface area (Å²) in [6.07, 6.45) is 3.94. The fraction of sp³-hybridized carbons (Fsp3) is 0.0444. The molecule has 9 rings (SSSR count). The molecule has 4 nitrogen and oxygen atoms in total. The molecule has 232 valence electrons. The zero-order valence-electron chi connectivity index (χ0n) is 26.8. The van der Waals surface area contributed by atoms with Gasteiger partial charge in [0.05, 0.1) is 0 Å². The predicted molar refractivity (Wildman–Crippen MR) is 199 cm³/mol. The van der Waals surface area contributed by atoms with Gasteiger partial charge in [-0.05, 0) is 51.9 Å². The summed E-state index contributed by atoms with van der Waals surface area (Å²) in [4.78, 5) is 15.2. The topological polar surface area (TPSA) is 51.8 Å². The Kier molecular flexibility index (Phi) is 7.25. The van der Waals surface area contributed by atoms with Crippen molar-refractivity contribution in [3.8, 4) is 56.2 Å². The van der Waals surface area contributed by atoms with Crippen LogP contribution in [0.1, 0.15) is 23.6 Å². The molecule has 2 aromatic heterocycles. The van der Waals surface area contributed by atoms with Crippen LogP contribution in [0.3, 0.4) is 0 Å². The molecule has 1 aliphatic carbocycles. The molecular formula is C45H31N3O. The van der Waals surface area contributed by atoms with Gasteiger partial charge >= 0.3 is 0 Å². The Labute approximate surface area is 285 Å². The van der Waals surface area contributed by atoms with Crippen LogP contribution in [-0.2, 0) is 6.42 Å². The lowest BCUT2D eigenvalue weighted by molar-refractivity contribution is 0.545. The standard InChI is InChI=1S/C45H31N3O/c1-4-11-30(12-5-1)32-19-21-34(22-20-32)37-27-28-40-39(29-37)42-38(17-10-18-41(42)49-40)45-47-43(35-15-8-3-9-16-35)46-44(48-45)36-25-23-33(24-26-36)31-13-6-2-7-14-31/h1-9,11-17,19-29H,10,18H2. The molecule has 0 saturated heterocycles. The molecule has 1 aliphatic rings. The zero-order valence-corrected chi connectivity index (χ0v) is 26.8. The number of hydrogen-bond acceptors (Lipinski definition) is 4. The van der Waals surface area contributed by atoms with E-state index >= 15 is 0 Å². The second kappa shape index (κ2) is 12.3. The van der Waals surface area contributed by atoms with Gasteiger partial charge in [-0.25, -0.2) is 15.0 Å². The molecule has 0 spiro atoms. The SMILES string of the molecule is C1=C(c2nc(-c3ccccc3)nc(-c3ccc(-c4ccccc4)cc3)n2)c2c(oc3ccc(-c4ccc(-c5ccccc5)cc4)cc23)CC1. The third kappa shape index (κ3) is 5.53. The molecule has 8 aromatic rings. The second-order valence-electron chi connectivity index (χ2n) is 12.3. The summed E-state index contributed by atoms with van der Waals surface area (Å²) >= 11 is 0. The summed E-state index contributed by atoms with van der Waals surface area (Å²) < 4.78 is 6.48. The van der Waals surface area contributed by atoms with Gasteiger partial charge in [0.2, 0.25) is 0 Å². The minimum Gasteiger partial charge on any atom is -0.460 e. The van der Waals surface area contributed by atoms with E-state index in [1.54, 1.807) is 0 Å². The lowest BCUT2D eigenvalue weighted by Gasteiger charge is -2.15. The zero-order chi connectivity index (χ0) is 32.6. The highest BCUT2D eigenvalue weighted by Gasteiger charge is 2.25. The number of furan rings is 1. The Hall–Kier alpha value is -6.39. The summed E-state index contributed by atoms with van der Waals surface area (Å²) in [5, 5.41) is 1.07. The lowest BCUT2D eigenvalue weighted by Crippen LogP contribution is -2.06. The van der Waals surface area contributed by atoms with Gasteiger partial charge in [-0.1, -0.05) is 152 Å². The van der Waals surface area contributed by atoms with Gasteiger partial charge < -0.3 is 4.42 Å². The molecule has 0 N–H and O–H groups in total. The van der Waals surface area contributed by atoms with E-state index in [1.807, 2.05) is 42.5 Å². The van der Waals surface area contributed by atoms with E-state index in [0.717, 1.165) is 68.5 Å². The molecule has 0 bridgehead atoms. The minimum atomic E-state index is 0.642. The third-order valence-corrected chi connectivity index (χ3v) is 9.23. The van der Waals surface area contributed by atoms with Crippen molar-refractivity contribution in [3.05, 3.63) is 181 Å². The highest BCUT2D eigenvalue weighted by atomic mass is 16.3. The Morgan fingerprint density at radius 2 is 0.837 bits per heavy atom. The highest BCUT2D eigenvalue weighted by molar-refractivity contribution is 5.99. The van der Waals surface area contributed by atoms with E-state index in [9.17, 15) is 0 Å². The Morgan fingerprint density at radius 1 is 0.408 bits per heavy atom. The van der Waals surface area contributed by atoms with Crippen LogP contribution < -0.4 is 0 Å². The van der Waals surface area contributed by atoms with Gasteiger partial charge in [0.1, 0.15) is 11.3 Å². The number of hydrogen-bond donors (Lipinski definition) is 0. The van der Waals surface area contributed by atoms with Crippen LogP contribution in [0, 0.1) is 0 Å². The van der Waals surface area contributed by atoms with Crippen molar-refractivity contribution in [2.75, 3.05) is 0 Å². The predicted octanol–water partition coefficient (Wildman–Crippen LogP) is 11.3. The largest absolute Gasteiger partial charge is 0.460 e. The van der Waals surface area contributed by atoms with Crippen LogP contribution in [0.15, 0.2) is 168 Å². The first-order chi connectivity index (χ1) is 24.3. The number of fused-ring (bicyclic) bond motifs is 3. The summed E-state index contributed by atoms with van der Waals surface area (Å²) in [6, 6.07) is 54.7. The number of nitrogens with zero attached hydrogens (tertiary/aromatic N) is 3. The molecule has 0 unspecified atom stereocenters. The monoisotopic (exact) mass is 629 g/mol. The van der Waals surface area contributed by atoms with Gasteiger partial charge in [-0.2, -0.15) is 0 Å². The first-order valence-electron chi connectivity index (χ1n) is 16.7. The van der Waals surface area contributed by atoms with Crippen molar-refractivity contribution in [2.24, 2.45) is 0 Å². The first-order valence-corrected chi connectivity index (χ1v) is 16.7. The molecule has 0 atom stereocenters. The number of rotatable bonds is 6. The Morgan fingerprint density at radius 3 is 1.41 bits per heavy atom. The maximum absolute atomic E-state index is 6.48. The first kappa shape index (κ1) is 28.8. The third-order valence-electron chi connectivity index (χ3n) is 9.23. The van der Waals surface area contributed by atoms with E-state index in [4.69, 9.17) is 19.4 Å². The highest BCUT2D eigenvalue weighted by Crippen LogP contribution is 2.40. The number of allylic oxidation sites excluding steroid dienone is 1. The van der Waals surface area contributed by atoms with Crippen LogP contribution in [-0.4, -0.2) is 15.0 Å². The van der Waals surface area contributed by atoms with Crippen LogP contribution in [0.5, 0.6) is 0 Å². The molecule has 0 radical (unpaired) electrons. The van der Waals surface area contributed by atoms with Crippen LogP contribution in [0.25, 0.3) is 72.7 Å². The minimum absolute atomic E-state index is 0.642. The lowest BCUT2D eigenvalue weighted by atomic mass is 9.92. The van der Waals surface area contributed by atoms with Gasteiger partial charge in [-0.15, -0.1) is 0 Å². The Balaban J connectivity index is 1.14. The number of aryl methyl sites for hydroxylation is 1. The van der Waals surface area contributed by atoms with Gasteiger partial charge in [0, 0.05) is 34.1 Å². The van der Waals surface area contributed by atoms with Gasteiger partial charge in [-0.3, -0.25) is 0 Å².